The Kier molecular flexibility index (Phi) is 5.01. The zero-order valence-corrected chi connectivity index (χ0v) is 11.8. The third-order valence-electron chi connectivity index (χ3n) is 4.36. The van der Waals surface area contributed by atoms with Crippen LogP contribution in [0.4, 0.5) is 0 Å². The number of nitrogens with one attached hydrogen (secondary N) is 1. The minimum atomic E-state index is 0.337. The molecule has 0 bridgehead atoms. The summed E-state index contributed by atoms with van der Waals surface area (Å²) in [6.07, 6.45) is 4.78. The van der Waals surface area contributed by atoms with Crippen LogP contribution in [0.3, 0.4) is 0 Å². The van der Waals surface area contributed by atoms with E-state index in [1.54, 1.807) is 0 Å². The molecule has 4 heteroatoms. The Hall–Kier alpha value is -0.610. The fraction of sp³-hybridized carbons (Fsp3) is 0.929. The molecule has 0 radical (unpaired) electrons. The maximum absolute atomic E-state index is 12.2. The normalized spacial score (nSPS) is 27.4. The first-order valence-corrected chi connectivity index (χ1v) is 7.36. The van der Waals surface area contributed by atoms with E-state index in [1.165, 1.54) is 25.7 Å². The van der Waals surface area contributed by atoms with E-state index >= 15 is 0 Å². The molecule has 104 valence electrons. The van der Waals surface area contributed by atoms with Gasteiger partial charge in [-0.1, -0.05) is 6.92 Å². The van der Waals surface area contributed by atoms with Gasteiger partial charge in [0, 0.05) is 32.2 Å². The summed E-state index contributed by atoms with van der Waals surface area (Å²) in [6, 6.07) is 0.645. The number of piperidine rings is 2. The van der Waals surface area contributed by atoms with Crippen LogP contribution in [-0.2, 0) is 4.79 Å². The lowest BCUT2D eigenvalue weighted by Crippen LogP contribution is -2.48. The molecular formula is C14H27N3O. The van der Waals surface area contributed by atoms with E-state index in [4.69, 9.17) is 0 Å². The van der Waals surface area contributed by atoms with Crippen LogP contribution in [-0.4, -0.2) is 61.5 Å². The Balaban J connectivity index is 1.74. The van der Waals surface area contributed by atoms with Gasteiger partial charge in [-0.05, 0) is 38.6 Å². The molecule has 4 nitrogen and oxygen atoms in total. The van der Waals surface area contributed by atoms with Crippen LogP contribution in [0, 0.1) is 5.92 Å². The van der Waals surface area contributed by atoms with Crippen molar-refractivity contribution in [2.45, 2.75) is 38.6 Å². The van der Waals surface area contributed by atoms with Gasteiger partial charge in [-0.15, -0.1) is 0 Å². The van der Waals surface area contributed by atoms with Gasteiger partial charge in [0.05, 0.1) is 6.54 Å². The summed E-state index contributed by atoms with van der Waals surface area (Å²) >= 11 is 0. The van der Waals surface area contributed by atoms with E-state index in [0.717, 1.165) is 26.2 Å². The van der Waals surface area contributed by atoms with E-state index in [1.807, 2.05) is 7.05 Å². The monoisotopic (exact) mass is 253 g/mol. The predicted octanol–water partition coefficient (Wildman–Crippen LogP) is 0.929. The smallest absolute Gasteiger partial charge is 0.236 e. The average molecular weight is 253 g/mol. The SMILES string of the molecule is CNC1CCN(CC(=O)N2CCCC(C)C2)CC1. The summed E-state index contributed by atoms with van der Waals surface area (Å²) in [7, 11) is 2.03. The number of likely N-dealkylation sites (tertiary alicyclic amines) is 2. The van der Waals surface area contributed by atoms with Gasteiger partial charge in [-0.2, -0.15) is 0 Å². The molecule has 0 aliphatic carbocycles. The van der Waals surface area contributed by atoms with Gasteiger partial charge < -0.3 is 10.2 Å². The average Bonchev–Trinajstić information content (AvgIpc) is 2.39. The Morgan fingerprint density at radius 3 is 2.56 bits per heavy atom. The number of nitrogens with zero attached hydrogens (tertiary/aromatic N) is 2. The van der Waals surface area contributed by atoms with Gasteiger partial charge in [0.15, 0.2) is 0 Å². The van der Waals surface area contributed by atoms with Crippen molar-refractivity contribution in [2.24, 2.45) is 5.92 Å². The third kappa shape index (κ3) is 3.69. The molecule has 2 aliphatic heterocycles. The van der Waals surface area contributed by atoms with Crippen LogP contribution in [0.15, 0.2) is 0 Å². The van der Waals surface area contributed by atoms with Crippen molar-refractivity contribution in [2.75, 3.05) is 39.8 Å². The Morgan fingerprint density at radius 2 is 1.94 bits per heavy atom. The largest absolute Gasteiger partial charge is 0.341 e. The predicted molar refractivity (Wildman–Crippen MR) is 73.5 cm³/mol. The summed E-state index contributed by atoms with van der Waals surface area (Å²) in [4.78, 5) is 16.6. The minimum absolute atomic E-state index is 0.337. The lowest BCUT2D eigenvalue weighted by molar-refractivity contribution is -0.134. The fourth-order valence-electron chi connectivity index (χ4n) is 3.09. The van der Waals surface area contributed by atoms with Crippen LogP contribution in [0.25, 0.3) is 0 Å². The number of hydrogen-bond acceptors (Lipinski definition) is 3. The lowest BCUT2D eigenvalue weighted by Gasteiger charge is -2.35. The summed E-state index contributed by atoms with van der Waals surface area (Å²) < 4.78 is 0. The highest BCUT2D eigenvalue weighted by atomic mass is 16.2. The van der Waals surface area contributed by atoms with Crippen molar-refractivity contribution < 1.29 is 4.79 Å². The molecule has 0 aromatic heterocycles. The Bertz CT molecular complexity index is 274. The second kappa shape index (κ2) is 6.53. The maximum Gasteiger partial charge on any atom is 0.236 e. The quantitative estimate of drug-likeness (QED) is 0.813. The Labute approximate surface area is 111 Å². The van der Waals surface area contributed by atoms with E-state index in [-0.39, 0.29) is 0 Å². The second-order valence-corrected chi connectivity index (χ2v) is 5.93. The highest BCUT2D eigenvalue weighted by Gasteiger charge is 2.24. The first-order valence-electron chi connectivity index (χ1n) is 7.36. The summed E-state index contributed by atoms with van der Waals surface area (Å²) in [6.45, 7) is 6.92. The van der Waals surface area contributed by atoms with Crippen LogP contribution >= 0.6 is 0 Å². The second-order valence-electron chi connectivity index (χ2n) is 5.93. The van der Waals surface area contributed by atoms with Crippen molar-refractivity contribution >= 4 is 5.91 Å². The molecule has 2 saturated heterocycles. The first-order chi connectivity index (χ1) is 8.69. The highest BCUT2D eigenvalue weighted by Crippen LogP contribution is 2.16. The van der Waals surface area contributed by atoms with Crippen LogP contribution in [0.2, 0.25) is 0 Å². The van der Waals surface area contributed by atoms with E-state index in [0.29, 0.717) is 24.4 Å². The number of carbonyl (C=O) groups excluding carboxylic acids is 1. The van der Waals surface area contributed by atoms with Gasteiger partial charge in [-0.3, -0.25) is 9.69 Å². The van der Waals surface area contributed by atoms with Crippen molar-refractivity contribution in [1.29, 1.82) is 0 Å². The molecule has 0 saturated carbocycles. The van der Waals surface area contributed by atoms with Gasteiger partial charge in [0.25, 0.3) is 0 Å². The van der Waals surface area contributed by atoms with Crippen LogP contribution in [0.5, 0.6) is 0 Å². The van der Waals surface area contributed by atoms with Crippen molar-refractivity contribution in [3.8, 4) is 0 Å². The molecule has 1 atom stereocenters. The molecule has 2 fully saturated rings. The number of hydrogen-bond donors (Lipinski definition) is 1. The number of amides is 1. The maximum atomic E-state index is 12.2. The van der Waals surface area contributed by atoms with Gasteiger partial charge in [0.1, 0.15) is 0 Å². The fourth-order valence-corrected chi connectivity index (χ4v) is 3.09. The molecule has 18 heavy (non-hydrogen) atoms. The van der Waals surface area contributed by atoms with Crippen LogP contribution in [0.1, 0.15) is 32.6 Å². The number of carbonyl (C=O) groups is 1. The molecule has 0 aromatic rings. The molecule has 1 amide bonds. The highest BCUT2D eigenvalue weighted by molar-refractivity contribution is 5.78. The molecule has 0 spiro atoms. The standard InChI is InChI=1S/C14H27N3O/c1-12-4-3-7-17(10-12)14(18)11-16-8-5-13(15-2)6-9-16/h12-13,15H,3-11H2,1-2H3. The van der Waals surface area contributed by atoms with E-state index in [2.05, 4.69) is 22.0 Å². The minimum Gasteiger partial charge on any atom is -0.341 e. The first kappa shape index (κ1) is 13.8. The lowest BCUT2D eigenvalue weighted by atomic mass is 10.00. The molecule has 2 heterocycles. The number of rotatable bonds is 3. The molecule has 1 unspecified atom stereocenters. The zero-order valence-electron chi connectivity index (χ0n) is 11.8. The Morgan fingerprint density at radius 1 is 1.22 bits per heavy atom. The topological polar surface area (TPSA) is 35.6 Å². The summed E-state index contributed by atoms with van der Waals surface area (Å²) in [5.74, 6) is 1.02. The van der Waals surface area contributed by atoms with E-state index < -0.39 is 0 Å². The summed E-state index contributed by atoms with van der Waals surface area (Å²) in [5.41, 5.74) is 0. The van der Waals surface area contributed by atoms with E-state index in [9.17, 15) is 4.79 Å². The van der Waals surface area contributed by atoms with Gasteiger partial charge in [-0.25, -0.2) is 0 Å². The molecule has 2 aliphatic rings. The van der Waals surface area contributed by atoms with Crippen molar-refractivity contribution in [3.05, 3.63) is 0 Å². The van der Waals surface area contributed by atoms with Gasteiger partial charge in [0.2, 0.25) is 5.91 Å². The van der Waals surface area contributed by atoms with Crippen molar-refractivity contribution in [1.82, 2.24) is 15.1 Å². The summed E-state index contributed by atoms with van der Waals surface area (Å²) in [5, 5.41) is 3.32. The van der Waals surface area contributed by atoms with Crippen LogP contribution < -0.4 is 5.32 Å². The van der Waals surface area contributed by atoms with Crippen molar-refractivity contribution in [3.63, 3.8) is 0 Å². The molecular weight excluding hydrogens is 226 g/mol. The van der Waals surface area contributed by atoms with Gasteiger partial charge >= 0.3 is 0 Å². The molecule has 0 aromatic carbocycles. The molecule has 1 N–H and O–H groups in total. The molecule has 2 rings (SSSR count). The third-order valence-corrected chi connectivity index (χ3v) is 4.36. The zero-order chi connectivity index (χ0) is 13.0.